The third-order valence-electron chi connectivity index (χ3n) is 5.49. The minimum atomic E-state index is -0.531. The Hall–Kier alpha value is -1.92. The molecule has 0 radical (unpaired) electrons. The number of ether oxygens (including phenoxy) is 1. The van der Waals surface area contributed by atoms with E-state index in [1.165, 1.54) is 5.56 Å². The van der Waals surface area contributed by atoms with Gasteiger partial charge in [0.15, 0.2) is 0 Å². The number of hydrogen-bond donors (Lipinski definition) is 0. The Balaban J connectivity index is 1.74. The van der Waals surface area contributed by atoms with E-state index in [4.69, 9.17) is 4.74 Å². The van der Waals surface area contributed by atoms with Crippen LogP contribution in [0.4, 0.5) is 0 Å². The number of amides is 2. The normalized spacial score (nSPS) is 22.0. The van der Waals surface area contributed by atoms with Crippen LogP contribution in [-0.4, -0.2) is 85.5 Å². The maximum absolute atomic E-state index is 13.1. The van der Waals surface area contributed by atoms with Gasteiger partial charge in [0.25, 0.3) is 5.91 Å². The standard InChI is InChI=1S/C21H31N3O3/c1-21(2,3)17-7-5-16(6-8-17)19(25)24-13-14-27-15-18(24)20(26)23-11-9-22(4)10-12-23/h5-8,18H,9-15H2,1-4H3. The molecule has 2 heterocycles. The molecule has 0 aromatic heterocycles. The van der Waals surface area contributed by atoms with Crippen molar-refractivity contribution in [3.63, 3.8) is 0 Å². The monoisotopic (exact) mass is 373 g/mol. The Labute approximate surface area is 162 Å². The maximum Gasteiger partial charge on any atom is 0.254 e. The van der Waals surface area contributed by atoms with Crippen LogP contribution in [0.3, 0.4) is 0 Å². The number of carbonyl (C=O) groups excluding carboxylic acids is 2. The van der Waals surface area contributed by atoms with Crippen molar-refractivity contribution in [1.82, 2.24) is 14.7 Å². The van der Waals surface area contributed by atoms with Gasteiger partial charge < -0.3 is 19.4 Å². The largest absolute Gasteiger partial charge is 0.377 e. The van der Waals surface area contributed by atoms with Gasteiger partial charge in [0.2, 0.25) is 5.91 Å². The lowest BCUT2D eigenvalue weighted by molar-refractivity contribution is -0.142. The van der Waals surface area contributed by atoms with Crippen molar-refractivity contribution in [3.05, 3.63) is 35.4 Å². The van der Waals surface area contributed by atoms with E-state index in [0.717, 1.165) is 13.1 Å². The van der Waals surface area contributed by atoms with Gasteiger partial charge in [-0.2, -0.15) is 0 Å². The van der Waals surface area contributed by atoms with Crippen LogP contribution in [0.2, 0.25) is 0 Å². The summed E-state index contributed by atoms with van der Waals surface area (Å²) in [5.74, 6) is -0.0892. The zero-order chi connectivity index (χ0) is 19.6. The average molecular weight is 373 g/mol. The van der Waals surface area contributed by atoms with Crippen LogP contribution < -0.4 is 0 Å². The van der Waals surface area contributed by atoms with Gasteiger partial charge in [0.05, 0.1) is 13.2 Å². The Morgan fingerprint density at radius 3 is 2.22 bits per heavy atom. The molecule has 0 spiro atoms. The van der Waals surface area contributed by atoms with Crippen LogP contribution in [0.15, 0.2) is 24.3 Å². The Morgan fingerprint density at radius 1 is 1.00 bits per heavy atom. The molecule has 2 saturated heterocycles. The van der Waals surface area contributed by atoms with Crippen LogP contribution in [0.25, 0.3) is 0 Å². The third kappa shape index (κ3) is 4.50. The topological polar surface area (TPSA) is 53.1 Å². The summed E-state index contributed by atoms with van der Waals surface area (Å²) in [5, 5.41) is 0. The quantitative estimate of drug-likeness (QED) is 0.790. The number of likely N-dealkylation sites (N-methyl/N-ethyl adjacent to an activating group) is 1. The van der Waals surface area contributed by atoms with E-state index in [9.17, 15) is 9.59 Å². The number of piperazine rings is 1. The Morgan fingerprint density at radius 2 is 1.63 bits per heavy atom. The van der Waals surface area contributed by atoms with Crippen LogP contribution in [0.1, 0.15) is 36.7 Å². The fourth-order valence-electron chi connectivity index (χ4n) is 3.57. The molecule has 0 bridgehead atoms. The molecule has 1 atom stereocenters. The number of rotatable bonds is 2. The number of benzene rings is 1. The van der Waals surface area contributed by atoms with E-state index in [-0.39, 0.29) is 23.8 Å². The van der Waals surface area contributed by atoms with Gasteiger partial charge >= 0.3 is 0 Å². The van der Waals surface area contributed by atoms with E-state index < -0.39 is 6.04 Å². The molecule has 0 N–H and O–H groups in total. The van der Waals surface area contributed by atoms with Crippen molar-refractivity contribution >= 4 is 11.8 Å². The van der Waals surface area contributed by atoms with Crippen LogP contribution in [-0.2, 0) is 14.9 Å². The molecule has 27 heavy (non-hydrogen) atoms. The fraction of sp³-hybridized carbons (Fsp3) is 0.619. The van der Waals surface area contributed by atoms with Gasteiger partial charge in [-0.25, -0.2) is 0 Å². The SMILES string of the molecule is CN1CCN(C(=O)C2COCCN2C(=O)c2ccc(C(C)(C)C)cc2)CC1. The lowest BCUT2D eigenvalue weighted by Gasteiger charge is -2.40. The summed E-state index contributed by atoms with van der Waals surface area (Å²) in [6.45, 7) is 10.8. The van der Waals surface area contributed by atoms with Crippen molar-refractivity contribution in [2.75, 3.05) is 53.0 Å². The van der Waals surface area contributed by atoms with Gasteiger partial charge in [0, 0.05) is 38.3 Å². The van der Waals surface area contributed by atoms with E-state index in [1.807, 2.05) is 29.2 Å². The Kier molecular flexibility index (Phi) is 5.86. The first-order valence-corrected chi connectivity index (χ1v) is 9.74. The van der Waals surface area contributed by atoms with Gasteiger partial charge in [-0.05, 0) is 30.2 Å². The molecule has 2 aliphatic heterocycles. The Bertz CT molecular complexity index is 673. The van der Waals surface area contributed by atoms with Crippen molar-refractivity contribution < 1.29 is 14.3 Å². The summed E-state index contributed by atoms with van der Waals surface area (Å²) in [7, 11) is 2.06. The summed E-state index contributed by atoms with van der Waals surface area (Å²) >= 11 is 0. The highest BCUT2D eigenvalue weighted by atomic mass is 16.5. The van der Waals surface area contributed by atoms with E-state index in [1.54, 1.807) is 4.90 Å². The first-order valence-electron chi connectivity index (χ1n) is 9.74. The van der Waals surface area contributed by atoms with Gasteiger partial charge in [-0.1, -0.05) is 32.9 Å². The maximum atomic E-state index is 13.1. The first kappa shape index (κ1) is 19.8. The molecule has 0 aliphatic carbocycles. The number of hydrogen-bond acceptors (Lipinski definition) is 4. The van der Waals surface area contributed by atoms with Crippen molar-refractivity contribution in [2.24, 2.45) is 0 Å². The lowest BCUT2D eigenvalue weighted by Crippen LogP contribution is -2.59. The first-order chi connectivity index (χ1) is 12.8. The number of nitrogens with zero attached hydrogens (tertiary/aromatic N) is 3. The smallest absolute Gasteiger partial charge is 0.254 e. The zero-order valence-electron chi connectivity index (χ0n) is 16.9. The molecule has 148 valence electrons. The average Bonchev–Trinajstić information content (AvgIpc) is 2.67. The second-order valence-corrected chi connectivity index (χ2v) is 8.55. The van der Waals surface area contributed by atoms with Gasteiger partial charge in [-0.15, -0.1) is 0 Å². The minimum absolute atomic E-state index is 0.00228. The molecule has 2 aliphatic rings. The van der Waals surface area contributed by atoms with Crippen LogP contribution >= 0.6 is 0 Å². The third-order valence-corrected chi connectivity index (χ3v) is 5.49. The molecule has 6 heteroatoms. The summed E-state index contributed by atoms with van der Waals surface area (Å²) in [4.78, 5) is 31.9. The summed E-state index contributed by atoms with van der Waals surface area (Å²) in [6.07, 6.45) is 0. The van der Waals surface area contributed by atoms with E-state index in [2.05, 4.69) is 32.7 Å². The molecular weight excluding hydrogens is 342 g/mol. The molecule has 0 saturated carbocycles. The van der Waals surface area contributed by atoms with Crippen LogP contribution in [0.5, 0.6) is 0 Å². The predicted molar refractivity (Wildman–Crippen MR) is 105 cm³/mol. The molecule has 1 unspecified atom stereocenters. The number of carbonyl (C=O) groups is 2. The van der Waals surface area contributed by atoms with E-state index in [0.29, 0.717) is 31.8 Å². The summed E-state index contributed by atoms with van der Waals surface area (Å²) < 4.78 is 5.54. The van der Waals surface area contributed by atoms with Crippen molar-refractivity contribution in [3.8, 4) is 0 Å². The molecule has 6 nitrogen and oxygen atoms in total. The van der Waals surface area contributed by atoms with E-state index >= 15 is 0 Å². The molecule has 3 rings (SSSR count). The second kappa shape index (κ2) is 7.98. The zero-order valence-corrected chi connectivity index (χ0v) is 16.9. The summed E-state index contributed by atoms with van der Waals surface area (Å²) in [6, 6.07) is 7.22. The molecule has 1 aromatic carbocycles. The van der Waals surface area contributed by atoms with Crippen LogP contribution in [0, 0.1) is 0 Å². The highest BCUT2D eigenvalue weighted by Gasteiger charge is 2.36. The second-order valence-electron chi connectivity index (χ2n) is 8.55. The highest BCUT2D eigenvalue weighted by molar-refractivity contribution is 5.97. The van der Waals surface area contributed by atoms with Crippen molar-refractivity contribution in [1.29, 1.82) is 0 Å². The predicted octanol–water partition coefficient (Wildman–Crippen LogP) is 1.60. The highest BCUT2D eigenvalue weighted by Crippen LogP contribution is 2.23. The fourth-order valence-corrected chi connectivity index (χ4v) is 3.57. The van der Waals surface area contributed by atoms with Crippen molar-refractivity contribution in [2.45, 2.75) is 32.2 Å². The van der Waals surface area contributed by atoms with Gasteiger partial charge in [-0.3, -0.25) is 9.59 Å². The van der Waals surface area contributed by atoms with Gasteiger partial charge in [0.1, 0.15) is 6.04 Å². The number of morpholine rings is 1. The minimum Gasteiger partial charge on any atom is -0.377 e. The lowest BCUT2D eigenvalue weighted by atomic mass is 9.86. The molecule has 1 aromatic rings. The summed E-state index contributed by atoms with van der Waals surface area (Å²) in [5.41, 5.74) is 1.85. The molecular formula is C21H31N3O3. The molecule has 2 amide bonds. The molecule has 2 fully saturated rings.